The molecule has 0 radical (unpaired) electrons. The topological polar surface area (TPSA) is 67.2 Å². The highest BCUT2D eigenvalue weighted by atomic mass is 32.1. The van der Waals surface area contributed by atoms with E-state index in [2.05, 4.69) is 15.6 Å². The molecule has 1 aliphatic rings. The summed E-state index contributed by atoms with van der Waals surface area (Å²) in [5, 5.41) is 7.98. The van der Waals surface area contributed by atoms with Crippen LogP contribution in [0.2, 0.25) is 0 Å². The molecule has 2 N–H and O–H groups in total. The third-order valence-electron chi connectivity index (χ3n) is 4.21. The molecule has 124 valence electrons. The number of hydrogen-bond donors (Lipinski definition) is 2. The van der Waals surface area contributed by atoms with Gasteiger partial charge in [-0.2, -0.15) is 0 Å². The Balaban J connectivity index is 1.46. The summed E-state index contributed by atoms with van der Waals surface area (Å²) in [6.07, 6.45) is 6.60. The zero-order valence-corrected chi connectivity index (χ0v) is 14.2. The van der Waals surface area contributed by atoms with Crippen molar-refractivity contribution in [2.75, 3.05) is 6.54 Å². The molecule has 3 rings (SSSR count). The second-order valence-electron chi connectivity index (χ2n) is 5.98. The van der Waals surface area contributed by atoms with Crippen LogP contribution in [0.1, 0.15) is 43.6 Å². The zero-order chi connectivity index (χ0) is 16.1. The van der Waals surface area contributed by atoms with Gasteiger partial charge >= 0.3 is 6.03 Å². The second kappa shape index (κ2) is 7.64. The molecule has 1 aliphatic carbocycles. The van der Waals surface area contributed by atoms with Gasteiger partial charge in [-0.05, 0) is 31.2 Å². The summed E-state index contributed by atoms with van der Waals surface area (Å²) in [5.74, 6) is 1.49. The van der Waals surface area contributed by atoms with Gasteiger partial charge in [-0.15, -0.1) is 11.3 Å². The highest BCUT2D eigenvalue weighted by Gasteiger charge is 2.16. The maximum absolute atomic E-state index is 11.9. The number of nitrogens with zero attached hydrogens (tertiary/aromatic N) is 1. The van der Waals surface area contributed by atoms with Crippen molar-refractivity contribution in [3.05, 3.63) is 29.0 Å². The molecule has 0 atom stereocenters. The van der Waals surface area contributed by atoms with Crippen LogP contribution in [0.15, 0.2) is 21.9 Å². The molecule has 2 aromatic rings. The van der Waals surface area contributed by atoms with Gasteiger partial charge in [0.25, 0.3) is 0 Å². The summed E-state index contributed by atoms with van der Waals surface area (Å²) in [6.45, 7) is 2.48. The largest absolute Gasteiger partial charge is 0.440 e. The Morgan fingerprint density at radius 3 is 2.96 bits per heavy atom. The highest BCUT2D eigenvalue weighted by molar-refractivity contribution is 7.13. The monoisotopic (exact) mass is 333 g/mol. The van der Waals surface area contributed by atoms with E-state index < -0.39 is 0 Å². The summed E-state index contributed by atoms with van der Waals surface area (Å²) >= 11 is 1.61. The Kier molecular flexibility index (Phi) is 5.33. The number of carbonyl (C=O) groups is 1. The van der Waals surface area contributed by atoms with E-state index in [0.717, 1.165) is 29.2 Å². The van der Waals surface area contributed by atoms with E-state index in [1.807, 2.05) is 24.4 Å². The SMILES string of the molecule is Cc1oc(-c2cccs2)nc1CCNC(=O)NC1CCCCC1. The van der Waals surface area contributed by atoms with Crippen LogP contribution in [0, 0.1) is 6.92 Å². The molecule has 2 amide bonds. The van der Waals surface area contributed by atoms with Gasteiger partial charge < -0.3 is 15.1 Å². The molecular formula is C17H23N3O2S. The van der Waals surface area contributed by atoms with Gasteiger partial charge in [0, 0.05) is 19.0 Å². The Morgan fingerprint density at radius 2 is 2.22 bits per heavy atom. The molecule has 0 bridgehead atoms. The maximum Gasteiger partial charge on any atom is 0.315 e. The molecule has 0 aromatic carbocycles. The lowest BCUT2D eigenvalue weighted by Crippen LogP contribution is -2.43. The van der Waals surface area contributed by atoms with Gasteiger partial charge in [0.2, 0.25) is 5.89 Å². The van der Waals surface area contributed by atoms with E-state index in [0.29, 0.717) is 24.9 Å². The standard InChI is InChI=1S/C17H23N3O2S/c1-12-14(20-16(22-12)15-8-5-11-23-15)9-10-18-17(21)19-13-6-3-2-4-7-13/h5,8,11,13H,2-4,6-7,9-10H2,1H3,(H2,18,19,21). The number of aromatic nitrogens is 1. The maximum atomic E-state index is 11.9. The number of aryl methyl sites for hydroxylation is 1. The Bertz CT molecular complexity index is 630. The van der Waals surface area contributed by atoms with Crippen molar-refractivity contribution in [3.8, 4) is 10.8 Å². The van der Waals surface area contributed by atoms with E-state index in [1.165, 1.54) is 19.3 Å². The van der Waals surface area contributed by atoms with E-state index in [9.17, 15) is 4.79 Å². The first-order valence-electron chi connectivity index (χ1n) is 8.27. The first-order valence-corrected chi connectivity index (χ1v) is 9.15. The van der Waals surface area contributed by atoms with Crippen LogP contribution >= 0.6 is 11.3 Å². The first-order chi connectivity index (χ1) is 11.2. The number of nitrogens with one attached hydrogen (secondary N) is 2. The number of hydrogen-bond acceptors (Lipinski definition) is 4. The Hall–Kier alpha value is -1.82. The molecule has 0 saturated heterocycles. The quantitative estimate of drug-likeness (QED) is 0.872. The molecule has 2 aromatic heterocycles. The van der Waals surface area contributed by atoms with E-state index in [4.69, 9.17) is 4.42 Å². The first kappa shape index (κ1) is 16.1. The molecule has 1 fully saturated rings. The average molecular weight is 333 g/mol. The molecule has 6 heteroatoms. The van der Waals surface area contributed by atoms with Crippen molar-refractivity contribution in [2.45, 2.75) is 51.5 Å². The van der Waals surface area contributed by atoms with Gasteiger partial charge in [-0.1, -0.05) is 25.3 Å². The number of urea groups is 1. The van der Waals surface area contributed by atoms with Crippen molar-refractivity contribution in [1.29, 1.82) is 0 Å². The summed E-state index contributed by atoms with van der Waals surface area (Å²) in [4.78, 5) is 17.5. The summed E-state index contributed by atoms with van der Waals surface area (Å²) in [6, 6.07) is 4.24. The van der Waals surface area contributed by atoms with Crippen molar-refractivity contribution in [2.24, 2.45) is 0 Å². The van der Waals surface area contributed by atoms with Crippen molar-refractivity contribution in [1.82, 2.24) is 15.6 Å². The molecule has 2 heterocycles. The summed E-state index contributed by atoms with van der Waals surface area (Å²) in [5.41, 5.74) is 0.909. The van der Waals surface area contributed by atoms with Gasteiger partial charge in [0.05, 0.1) is 10.6 Å². The molecular weight excluding hydrogens is 310 g/mol. The number of rotatable bonds is 5. The zero-order valence-electron chi connectivity index (χ0n) is 13.4. The van der Waals surface area contributed by atoms with Crippen molar-refractivity contribution >= 4 is 17.4 Å². The average Bonchev–Trinajstić information content (AvgIpc) is 3.18. The fourth-order valence-electron chi connectivity index (χ4n) is 2.94. The van der Waals surface area contributed by atoms with Crippen molar-refractivity contribution in [3.63, 3.8) is 0 Å². The van der Waals surface area contributed by atoms with Crippen molar-refractivity contribution < 1.29 is 9.21 Å². The van der Waals surface area contributed by atoms with Gasteiger partial charge in [-0.25, -0.2) is 9.78 Å². The van der Waals surface area contributed by atoms with Crippen LogP contribution in [0.4, 0.5) is 4.79 Å². The van der Waals surface area contributed by atoms with Gasteiger partial charge in [-0.3, -0.25) is 0 Å². The number of amides is 2. The Morgan fingerprint density at radius 1 is 1.39 bits per heavy atom. The van der Waals surface area contributed by atoms with Crippen LogP contribution in [0.3, 0.4) is 0 Å². The third-order valence-corrected chi connectivity index (χ3v) is 5.07. The summed E-state index contributed by atoms with van der Waals surface area (Å²) in [7, 11) is 0. The van der Waals surface area contributed by atoms with E-state index in [1.54, 1.807) is 11.3 Å². The minimum absolute atomic E-state index is 0.0727. The lowest BCUT2D eigenvalue weighted by molar-refractivity contribution is 0.233. The van der Waals surface area contributed by atoms with E-state index >= 15 is 0 Å². The van der Waals surface area contributed by atoms with Crippen LogP contribution in [-0.4, -0.2) is 23.6 Å². The molecule has 0 aliphatic heterocycles. The Labute approximate surface area is 140 Å². The van der Waals surface area contributed by atoms with Crippen LogP contribution < -0.4 is 10.6 Å². The third kappa shape index (κ3) is 4.34. The molecule has 23 heavy (non-hydrogen) atoms. The summed E-state index contributed by atoms with van der Waals surface area (Å²) < 4.78 is 5.71. The minimum Gasteiger partial charge on any atom is -0.440 e. The second-order valence-corrected chi connectivity index (χ2v) is 6.93. The highest BCUT2D eigenvalue weighted by Crippen LogP contribution is 2.25. The smallest absolute Gasteiger partial charge is 0.315 e. The van der Waals surface area contributed by atoms with Gasteiger partial charge in [0.15, 0.2) is 0 Å². The van der Waals surface area contributed by atoms with E-state index in [-0.39, 0.29) is 6.03 Å². The number of carbonyl (C=O) groups excluding carboxylic acids is 1. The number of oxazole rings is 1. The minimum atomic E-state index is -0.0727. The predicted molar refractivity (Wildman–Crippen MR) is 91.7 cm³/mol. The lowest BCUT2D eigenvalue weighted by Gasteiger charge is -2.22. The molecule has 0 unspecified atom stereocenters. The fraction of sp³-hybridized carbons (Fsp3) is 0.529. The molecule has 5 nitrogen and oxygen atoms in total. The number of thiophene rings is 1. The molecule has 1 saturated carbocycles. The van der Waals surface area contributed by atoms with Crippen LogP contribution in [-0.2, 0) is 6.42 Å². The van der Waals surface area contributed by atoms with Crippen LogP contribution in [0.25, 0.3) is 10.8 Å². The normalized spacial score (nSPS) is 15.5. The van der Waals surface area contributed by atoms with Gasteiger partial charge in [0.1, 0.15) is 5.76 Å². The fourth-order valence-corrected chi connectivity index (χ4v) is 3.59. The predicted octanol–water partition coefficient (Wildman–Crippen LogP) is 3.89. The van der Waals surface area contributed by atoms with Crippen LogP contribution in [0.5, 0.6) is 0 Å². The lowest BCUT2D eigenvalue weighted by atomic mass is 9.96. The molecule has 0 spiro atoms.